The van der Waals surface area contributed by atoms with E-state index >= 15 is 0 Å². The van der Waals surface area contributed by atoms with Crippen molar-refractivity contribution in [2.45, 2.75) is 39.7 Å². The van der Waals surface area contributed by atoms with E-state index in [1.165, 1.54) is 0 Å². The van der Waals surface area contributed by atoms with Crippen LogP contribution in [0.3, 0.4) is 0 Å². The molecule has 1 aromatic rings. The number of ether oxygens (including phenoxy) is 3. The van der Waals surface area contributed by atoms with Crippen LogP contribution in [0.1, 0.15) is 33.3 Å². The van der Waals surface area contributed by atoms with E-state index in [1.807, 2.05) is 45.0 Å². The molecule has 1 aromatic carbocycles. The Morgan fingerprint density at radius 1 is 1.11 bits per heavy atom. The van der Waals surface area contributed by atoms with Gasteiger partial charge in [0.2, 0.25) is 0 Å². The predicted octanol–water partition coefficient (Wildman–Crippen LogP) is 2.72. The largest absolute Gasteiger partial charge is 0.492 e. The van der Waals surface area contributed by atoms with Crippen LogP contribution in [-0.4, -0.2) is 73.4 Å². The number of benzene rings is 1. The third-order valence-corrected chi connectivity index (χ3v) is 4.25. The summed E-state index contributed by atoms with van der Waals surface area (Å²) in [6.45, 7) is 12.0. The normalized spacial score (nSPS) is 15.2. The lowest BCUT2D eigenvalue weighted by Crippen LogP contribution is -2.50. The molecule has 1 fully saturated rings. The monoisotopic (exact) mass is 392 g/mol. The van der Waals surface area contributed by atoms with Gasteiger partial charge in [-0.25, -0.2) is 4.79 Å². The SMILES string of the molecule is CCOC(=O)Cc1cccc(OCCN2CCN(C(=O)OC(C)(C)C)CC2)c1. The van der Waals surface area contributed by atoms with Gasteiger partial charge in [-0.2, -0.15) is 0 Å². The molecule has 0 unspecified atom stereocenters. The first kappa shape index (κ1) is 22.0. The summed E-state index contributed by atoms with van der Waals surface area (Å²) in [5, 5.41) is 0. The maximum atomic E-state index is 12.1. The van der Waals surface area contributed by atoms with Gasteiger partial charge >= 0.3 is 12.1 Å². The van der Waals surface area contributed by atoms with E-state index < -0.39 is 5.60 Å². The van der Waals surface area contributed by atoms with Crippen molar-refractivity contribution in [3.05, 3.63) is 29.8 Å². The molecule has 1 amide bonds. The number of amides is 1. The zero-order chi connectivity index (χ0) is 20.6. The number of nitrogens with zero attached hydrogens (tertiary/aromatic N) is 2. The lowest BCUT2D eigenvalue weighted by molar-refractivity contribution is -0.142. The van der Waals surface area contributed by atoms with Crippen LogP contribution in [0, 0.1) is 0 Å². The van der Waals surface area contributed by atoms with Crippen molar-refractivity contribution in [1.82, 2.24) is 9.80 Å². The van der Waals surface area contributed by atoms with E-state index in [0.29, 0.717) is 26.3 Å². The smallest absolute Gasteiger partial charge is 0.410 e. The van der Waals surface area contributed by atoms with Gasteiger partial charge in [0.1, 0.15) is 18.0 Å². The lowest BCUT2D eigenvalue weighted by atomic mass is 10.1. The molecule has 156 valence electrons. The average molecular weight is 392 g/mol. The summed E-state index contributed by atoms with van der Waals surface area (Å²) in [6, 6.07) is 7.52. The van der Waals surface area contributed by atoms with Crippen LogP contribution < -0.4 is 4.74 Å². The molecule has 0 atom stereocenters. The predicted molar refractivity (Wildman–Crippen MR) is 107 cm³/mol. The van der Waals surface area contributed by atoms with Crippen molar-refractivity contribution in [2.24, 2.45) is 0 Å². The topological polar surface area (TPSA) is 68.3 Å². The van der Waals surface area contributed by atoms with Crippen molar-refractivity contribution in [2.75, 3.05) is 45.9 Å². The minimum atomic E-state index is -0.468. The molecule has 0 spiro atoms. The fourth-order valence-electron chi connectivity index (χ4n) is 2.90. The number of hydrogen-bond donors (Lipinski definition) is 0. The fourth-order valence-corrected chi connectivity index (χ4v) is 2.90. The lowest BCUT2D eigenvalue weighted by Gasteiger charge is -2.35. The Morgan fingerprint density at radius 3 is 2.46 bits per heavy atom. The standard InChI is InChI=1S/C21H32N2O5/c1-5-26-19(24)16-17-7-6-8-18(15-17)27-14-13-22-9-11-23(12-10-22)20(25)28-21(2,3)4/h6-8,15H,5,9-14,16H2,1-4H3. The number of hydrogen-bond acceptors (Lipinski definition) is 6. The van der Waals surface area contributed by atoms with Crippen LogP contribution in [0.5, 0.6) is 5.75 Å². The van der Waals surface area contributed by atoms with E-state index in [1.54, 1.807) is 11.8 Å². The first-order valence-corrected chi connectivity index (χ1v) is 9.84. The Bertz CT molecular complexity index is 648. The molecular formula is C21H32N2O5. The van der Waals surface area contributed by atoms with Crippen molar-refractivity contribution in [1.29, 1.82) is 0 Å². The average Bonchev–Trinajstić information content (AvgIpc) is 2.61. The van der Waals surface area contributed by atoms with E-state index in [-0.39, 0.29) is 18.5 Å². The van der Waals surface area contributed by atoms with Gasteiger partial charge in [0.05, 0.1) is 13.0 Å². The number of piperazine rings is 1. The number of rotatable bonds is 7. The molecule has 0 aromatic heterocycles. The second-order valence-corrected chi connectivity index (χ2v) is 7.79. The first-order valence-electron chi connectivity index (χ1n) is 9.84. The fraction of sp³-hybridized carbons (Fsp3) is 0.619. The second-order valence-electron chi connectivity index (χ2n) is 7.79. The molecule has 28 heavy (non-hydrogen) atoms. The molecule has 0 bridgehead atoms. The van der Waals surface area contributed by atoms with Crippen LogP contribution in [0.15, 0.2) is 24.3 Å². The van der Waals surface area contributed by atoms with Gasteiger partial charge < -0.3 is 19.1 Å². The molecule has 0 radical (unpaired) electrons. The van der Waals surface area contributed by atoms with Gasteiger partial charge in [0.15, 0.2) is 0 Å². The number of carbonyl (C=O) groups excluding carboxylic acids is 2. The molecule has 7 nitrogen and oxygen atoms in total. The maximum absolute atomic E-state index is 12.1. The van der Waals surface area contributed by atoms with Crippen LogP contribution in [0.25, 0.3) is 0 Å². The highest BCUT2D eigenvalue weighted by atomic mass is 16.6. The third-order valence-electron chi connectivity index (χ3n) is 4.25. The highest BCUT2D eigenvalue weighted by molar-refractivity contribution is 5.72. The molecule has 1 aliphatic rings. The van der Waals surface area contributed by atoms with Crippen LogP contribution in [0.2, 0.25) is 0 Å². The number of esters is 1. The second kappa shape index (κ2) is 10.3. The molecule has 1 heterocycles. The minimum absolute atomic E-state index is 0.234. The molecule has 1 aliphatic heterocycles. The van der Waals surface area contributed by atoms with Crippen molar-refractivity contribution in [3.63, 3.8) is 0 Å². The summed E-state index contributed by atoms with van der Waals surface area (Å²) in [6.07, 6.45) is -0.000636. The summed E-state index contributed by atoms with van der Waals surface area (Å²) in [7, 11) is 0. The molecule has 1 saturated heterocycles. The van der Waals surface area contributed by atoms with Gasteiger partial charge in [-0.05, 0) is 45.4 Å². The molecule has 7 heteroatoms. The summed E-state index contributed by atoms with van der Waals surface area (Å²) in [5.41, 5.74) is 0.408. The Labute approximate surface area is 167 Å². The summed E-state index contributed by atoms with van der Waals surface area (Å²) >= 11 is 0. The summed E-state index contributed by atoms with van der Waals surface area (Å²) < 4.78 is 16.2. The Kier molecular flexibility index (Phi) is 8.11. The van der Waals surface area contributed by atoms with Gasteiger partial charge in [-0.15, -0.1) is 0 Å². The van der Waals surface area contributed by atoms with Gasteiger partial charge in [-0.1, -0.05) is 12.1 Å². The van der Waals surface area contributed by atoms with Crippen molar-refractivity contribution < 1.29 is 23.8 Å². The number of carbonyl (C=O) groups is 2. The zero-order valence-electron chi connectivity index (χ0n) is 17.4. The highest BCUT2D eigenvalue weighted by Crippen LogP contribution is 2.15. The van der Waals surface area contributed by atoms with Gasteiger partial charge in [-0.3, -0.25) is 9.69 Å². The maximum Gasteiger partial charge on any atom is 0.410 e. The molecular weight excluding hydrogens is 360 g/mol. The Hall–Kier alpha value is -2.28. The Morgan fingerprint density at radius 2 is 1.82 bits per heavy atom. The molecule has 0 saturated carbocycles. The van der Waals surface area contributed by atoms with Crippen molar-refractivity contribution in [3.8, 4) is 5.75 Å². The van der Waals surface area contributed by atoms with E-state index in [0.717, 1.165) is 30.9 Å². The highest BCUT2D eigenvalue weighted by Gasteiger charge is 2.25. The van der Waals surface area contributed by atoms with E-state index in [2.05, 4.69) is 4.90 Å². The quantitative estimate of drug-likeness (QED) is 0.665. The third kappa shape index (κ3) is 7.76. The molecule has 0 aliphatic carbocycles. The first-order chi connectivity index (χ1) is 13.3. The summed E-state index contributed by atoms with van der Waals surface area (Å²) in [5.74, 6) is 0.511. The van der Waals surface area contributed by atoms with Crippen LogP contribution >= 0.6 is 0 Å². The van der Waals surface area contributed by atoms with Gasteiger partial charge in [0.25, 0.3) is 0 Å². The van der Waals surface area contributed by atoms with Gasteiger partial charge in [0, 0.05) is 32.7 Å². The summed E-state index contributed by atoms with van der Waals surface area (Å²) in [4.78, 5) is 27.7. The minimum Gasteiger partial charge on any atom is -0.492 e. The van der Waals surface area contributed by atoms with Crippen LogP contribution in [-0.2, 0) is 20.7 Å². The van der Waals surface area contributed by atoms with Crippen molar-refractivity contribution >= 4 is 12.1 Å². The van der Waals surface area contributed by atoms with E-state index in [9.17, 15) is 9.59 Å². The van der Waals surface area contributed by atoms with E-state index in [4.69, 9.17) is 14.2 Å². The Balaban J connectivity index is 1.70. The zero-order valence-corrected chi connectivity index (χ0v) is 17.4. The molecule has 2 rings (SSSR count). The molecule has 0 N–H and O–H groups in total. The van der Waals surface area contributed by atoms with Crippen LogP contribution in [0.4, 0.5) is 4.79 Å².